The van der Waals surface area contributed by atoms with E-state index < -0.39 is 16.0 Å². The standard InChI is InChI=1S/C17H11BrClNO5S/c18-10-1-4-12(5-2-10)26(23,24)20-11-3-6-13(14(19)9-11)15-7-8-16(25-15)17(21)22/h1-9,20H,(H,21,22). The lowest BCUT2D eigenvalue weighted by atomic mass is 10.1. The van der Waals surface area contributed by atoms with Gasteiger partial charge in [-0.15, -0.1) is 0 Å². The van der Waals surface area contributed by atoms with Crippen molar-refractivity contribution < 1.29 is 22.7 Å². The fourth-order valence-corrected chi connectivity index (χ4v) is 3.79. The van der Waals surface area contributed by atoms with Gasteiger partial charge in [0.05, 0.1) is 15.6 Å². The molecule has 0 amide bonds. The lowest BCUT2D eigenvalue weighted by molar-refractivity contribution is 0.0663. The maximum atomic E-state index is 12.4. The molecule has 0 atom stereocenters. The van der Waals surface area contributed by atoms with E-state index in [-0.39, 0.29) is 27.1 Å². The zero-order valence-electron chi connectivity index (χ0n) is 12.9. The highest BCUT2D eigenvalue weighted by Crippen LogP contribution is 2.32. The van der Waals surface area contributed by atoms with Crippen LogP contribution in [0, 0.1) is 0 Å². The summed E-state index contributed by atoms with van der Waals surface area (Å²) in [5.74, 6) is -1.13. The molecular formula is C17H11BrClNO5S. The third-order valence-electron chi connectivity index (χ3n) is 3.43. The summed E-state index contributed by atoms with van der Waals surface area (Å²) in [6, 6.07) is 13.5. The summed E-state index contributed by atoms with van der Waals surface area (Å²) in [5, 5.41) is 9.12. The molecule has 0 bridgehead atoms. The van der Waals surface area contributed by atoms with E-state index in [9.17, 15) is 13.2 Å². The zero-order chi connectivity index (χ0) is 18.9. The number of halogens is 2. The van der Waals surface area contributed by atoms with Crippen molar-refractivity contribution in [3.63, 3.8) is 0 Å². The van der Waals surface area contributed by atoms with Crippen molar-refractivity contribution in [2.45, 2.75) is 4.90 Å². The molecule has 3 rings (SSSR count). The van der Waals surface area contributed by atoms with Gasteiger partial charge in [-0.05, 0) is 54.6 Å². The lowest BCUT2D eigenvalue weighted by Gasteiger charge is -2.10. The summed E-state index contributed by atoms with van der Waals surface area (Å²) in [6.07, 6.45) is 0. The normalized spacial score (nSPS) is 11.3. The van der Waals surface area contributed by atoms with Gasteiger partial charge < -0.3 is 9.52 Å². The van der Waals surface area contributed by atoms with Gasteiger partial charge in [0.15, 0.2) is 0 Å². The highest BCUT2D eigenvalue weighted by Gasteiger charge is 2.16. The number of hydrogen-bond acceptors (Lipinski definition) is 4. The zero-order valence-corrected chi connectivity index (χ0v) is 16.1. The molecule has 0 fully saturated rings. The van der Waals surface area contributed by atoms with E-state index >= 15 is 0 Å². The maximum absolute atomic E-state index is 12.4. The molecule has 0 saturated carbocycles. The first-order chi connectivity index (χ1) is 12.3. The van der Waals surface area contributed by atoms with Crippen LogP contribution in [0.15, 0.2) is 68.4 Å². The lowest BCUT2D eigenvalue weighted by Crippen LogP contribution is -2.12. The molecule has 134 valence electrons. The van der Waals surface area contributed by atoms with Gasteiger partial charge in [-0.25, -0.2) is 13.2 Å². The fourth-order valence-electron chi connectivity index (χ4n) is 2.20. The molecule has 9 heteroatoms. The summed E-state index contributed by atoms with van der Waals surface area (Å²) >= 11 is 9.45. The van der Waals surface area contributed by atoms with Crippen molar-refractivity contribution in [3.05, 3.63) is 69.9 Å². The number of anilines is 1. The van der Waals surface area contributed by atoms with E-state index in [1.54, 1.807) is 18.2 Å². The monoisotopic (exact) mass is 455 g/mol. The van der Waals surface area contributed by atoms with Crippen molar-refractivity contribution in [1.82, 2.24) is 0 Å². The third kappa shape index (κ3) is 3.92. The molecule has 0 radical (unpaired) electrons. The van der Waals surface area contributed by atoms with Crippen molar-refractivity contribution in [2.24, 2.45) is 0 Å². The van der Waals surface area contributed by atoms with Crippen molar-refractivity contribution in [1.29, 1.82) is 0 Å². The number of nitrogens with one attached hydrogen (secondary N) is 1. The largest absolute Gasteiger partial charge is 0.475 e. The molecule has 6 nitrogen and oxygen atoms in total. The number of furan rings is 1. The van der Waals surface area contributed by atoms with Crippen LogP contribution in [0.5, 0.6) is 0 Å². The number of carbonyl (C=O) groups is 1. The smallest absolute Gasteiger partial charge is 0.371 e. The summed E-state index contributed by atoms with van der Waals surface area (Å²) < 4.78 is 33.2. The van der Waals surface area contributed by atoms with Crippen LogP contribution in [0.25, 0.3) is 11.3 Å². The minimum absolute atomic E-state index is 0.109. The van der Waals surface area contributed by atoms with Gasteiger partial charge in [-0.2, -0.15) is 0 Å². The Kier molecular flexibility index (Phi) is 5.08. The third-order valence-corrected chi connectivity index (χ3v) is 5.67. The molecule has 1 heterocycles. The van der Waals surface area contributed by atoms with Crippen LogP contribution in [-0.2, 0) is 10.0 Å². The predicted molar refractivity (Wildman–Crippen MR) is 101 cm³/mol. The van der Waals surface area contributed by atoms with E-state index in [2.05, 4.69) is 20.7 Å². The Morgan fingerprint density at radius 2 is 1.77 bits per heavy atom. The Morgan fingerprint density at radius 1 is 1.08 bits per heavy atom. The first-order valence-corrected chi connectivity index (χ1v) is 9.83. The predicted octanol–water partition coefficient (Wildman–Crippen LogP) is 4.86. The fraction of sp³-hybridized carbons (Fsp3) is 0. The van der Waals surface area contributed by atoms with E-state index in [1.165, 1.54) is 36.4 Å². The van der Waals surface area contributed by atoms with Crippen molar-refractivity contribution in [3.8, 4) is 11.3 Å². The van der Waals surface area contributed by atoms with Crippen molar-refractivity contribution >= 4 is 49.2 Å². The van der Waals surface area contributed by atoms with Gasteiger partial charge >= 0.3 is 5.97 Å². The van der Waals surface area contributed by atoms with Crippen LogP contribution in [0.3, 0.4) is 0 Å². The second kappa shape index (κ2) is 7.14. The number of carboxylic acids is 1. The van der Waals surface area contributed by atoms with E-state index in [1.807, 2.05) is 0 Å². The van der Waals surface area contributed by atoms with Gasteiger partial charge in [0.1, 0.15) is 5.76 Å². The molecule has 0 saturated heterocycles. The van der Waals surface area contributed by atoms with Crippen LogP contribution in [0.4, 0.5) is 5.69 Å². The Balaban J connectivity index is 1.87. The number of carboxylic acid groups (broad SMARTS) is 1. The Morgan fingerprint density at radius 3 is 2.35 bits per heavy atom. The van der Waals surface area contributed by atoms with Gasteiger partial charge in [0, 0.05) is 10.0 Å². The average Bonchev–Trinajstić information content (AvgIpc) is 3.05. The maximum Gasteiger partial charge on any atom is 0.371 e. The first-order valence-electron chi connectivity index (χ1n) is 7.18. The molecular weight excluding hydrogens is 446 g/mol. The number of sulfonamides is 1. The highest BCUT2D eigenvalue weighted by atomic mass is 79.9. The Hall–Kier alpha value is -2.29. The van der Waals surface area contributed by atoms with Gasteiger partial charge in [-0.3, -0.25) is 4.72 Å². The number of rotatable bonds is 5. The van der Waals surface area contributed by atoms with E-state index in [0.29, 0.717) is 5.56 Å². The van der Waals surface area contributed by atoms with Gasteiger partial charge in [0.2, 0.25) is 5.76 Å². The van der Waals surface area contributed by atoms with Crippen LogP contribution >= 0.6 is 27.5 Å². The highest BCUT2D eigenvalue weighted by molar-refractivity contribution is 9.10. The van der Waals surface area contributed by atoms with Crippen LogP contribution in [0.2, 0.25) is 5.02 Å². The molecule has 3 aromatic rings. The minimum atomic E-state index is -3.76. The first kappa shape index (κ1) is 18.5. The topological polar surface area (TPSA) is 96.6 Å². The SMILES string of the molecule is O=C(O)c1ccc(-c2ccc(NS(=O)(=O)c3ccc(Br)cc3)cc2Cl)o1. The number of hydrogen-bond donors (Lipinski definition) is 2. The minimum Gasteiger partial charge on any atom is -0.475 e. The molecule has 2 N–H and O–H groups in total. The molecule has 0 spiro atoms. The van der Waals surface area contributed by atoms with Gasteiger partial charge in [0.25, 0.3) is 10.0 Å². The Labute approximate surface area is 162 Å². The van der Waals surface area contributed by atoms with Crippen LogP contribution in [0.1, 0.15) is 10.6 Å². The molecule has 0 unspecified atom stereocenters. The molecule has 2 aromatic carbocycles. The van der Waals surface area contributed by atoms with Crippen LogP contribution in [-0.4, -0.2) is 19.5 Å². The molecule has 0 aliphatic heterocycles. The second-order valence-electron chi connectivity index (χ2n) is 5.22. The Bertz CT molecular complexity index is 1080. The molecule has 0 aliphatic carbocycles. The summed E-state index contributed by atoms with van der Waals surface area (Å²) in [5.41, 5.74) is 0.720. The quantitative estimate of drug-likeness (QED) is 0.571. The van der Waals surface area contributed by atoms with Gasteiger partial charge in [-0.1, -0.05) is 27.5 Å². The van der Waals surface area contributed by atoms with Crippen molar-refractivity contribution in [2.75, 3.05) is 4.72 Å². The molecule has 26 heavy (non-hydrogen) atoms. The second-order valence-corrected chi connectivity index (χ2v) is 8.23. The summed E-state index contributed by atoms with van der Waals surface area (Å²) in [7, 11) is -3.76. The number of aromatic carboxylic acids is 1. The average molecular weight is 457 g/mol. The summed E-state index contributed by atoms with van der Waals surface area (Å²) in [6.45, 7) is 0. The van der Waals surface area contributed by atoms with E-state index in [0.717, 1.165) is 4.47 Å². The van der Waals surface area contributed by atoms with Crippen LogP contribution < -0.4 is 4.72 Å². The molecule has 1 aromatic heterocycles. The summed E-state index contributed by atoms with van der Waals surface area (Å²) in [4.78, 5) is 11.0. The molecule has 0 aliphatic rings. The van der Waals surface area contributed by atoms with E-state index in [4.69, 9.17) is 21.1 Å². The number of benzene rings is 2.